The smallest absolute Gasteiger partial charge is 0.244 e. The van der Waals surface area contributed by atoms with E-state index >= 15 is 0 Å². The summed E-state index contributed by atoms with van der Waals surface area (Å²) in [5.41, 5.74) is 3.81. The van der Waals surface area contributed by atoms with Crippen molar-refractivity contribution < 1.29 is 9.18 Å². The Morgan fingerprint density at radius 3 is 2.63 bits per heavy atom. The average Bonchev–Trinajstić information content (AvgIpc) is 3.11. The van der Waals surface area contributed by atoms with E-state index in [-0.39, 0.29) is 18.3 Å². The van der Waals surface area contributed by atoms with Crippen LogP contribution in [0.3, 0.4) is 0 Å². The van der Waals surface area contributed by atoms with Crippen molar-refractivity contribution in [2.24, 2.45) is 0 Å². The number of hydrogen-bond acceptors (Lipinski definition) is 4. The summed E-state index contributed by atoms with van der Waals surface area (Å²) in [6.45, 7) is 2.13. The highest BCUT2D eigenvalue weighted by atomic mass is 32.2. The van der Waals surface area contributed by atoms with Gasteiger partial charge in [-0.3, -0.25) is 9.36 Å². The summed E-state index contributed by atoms with van der Waals surface area (Å²) in [5, 5.41) is 3.62. The molecule has 0 aliphatic carbocycles. The van der Waals surface area contributed by atoms with Crippen LogP contribution >= 0.6 is 11.8 Å². The second-order valence-corrected chi connectivity index (χ2v) is 7.71. The summed E-state index contributed by atoms with van der Waals surface area (Å²) in [6.07, 6.45) is 2.51. The van der Waals surface area contributed by atoms with Crippen LogP contribution in [0.1, 0.15) is 18.1 Å². The second kappa shape index (κ2) is 9.09. The SMILES string of the molecule is CCc1ccccc1NC(=O)Cn1c(SCc2ccccc2F)nc2cccnc21. The van der Waals surface area contributed by atoms with Gasteiger partial charge in [0, 0.05) is 17.6 Å². The number of para-hydroxylation sites is 1. The Morgan fingerprint density at radius 2 is 1.83 bits per heavy atom. The molecule has 2 heterocycles. The molecule has 0 bridgehead atoms. The fraction of sp³-hybridized carbons (Fsp3) is 0.174. The first-order valence-corrected chi connectivity index (χ1v) is 10.7. The summed E-state index contributed by atoms with van der Waals surface area (Å²) in [6, 6.07) is 18.1. The van der Waals surface area contributed by atoms with Gasteiger partial charge in [-0.15, -0.1) is 0 Å². The first kappa shape index (κ1) is 20.1. The van der Waals surface area contributed by atoms with E-state index in [0.717, 1.165) is 17.7 Å². The Morgan fingerprint density at radius 1 is 1.07 bits per heavy atom. The molecule has 0 atom stereocenters. The third-order valence-corrected chi connectivity index (χ3v) is 5.78. The standard InChI is InChI=1S/C23H21FN4OS/c1-2-16-8-4-6-11-19(16)26-21(29)14-28-22-20(12-7-13-25-22)27-23(28)30-15-17-9-3-5-10-18(17)24/h3-13H,2,14-15H2,1H3,(H,26,29). The number of carbonyl (C=O) groups is 1. The van der Waals surface area contributed by atoms with Crippen LogP contribution in [0.4, 0.5) is 10.1 Å². The summed E-state index contributed by atoms with van der Waals surface area (Å²) in [4.78, 5) is 21.8. The van der Waals surface area contributed by atoms with E-state index in [1.807, 2.05) is 42.5 Å². The number of carbonyl (C=O) groups excluding carboxylic acids is 1. The van der Waals surface area contributed by atoms with Crippen LogP contribution in [-0.4, -0.2) is 20.4 Å². The third kappa shape index (κ3) is 4.36. The van der Waals surface area contributed by atoms with Crippen molar-refractivity contribution in [1.29, 1.82) is 0 Å². The van der Waals surface area contributed by atoms with E-state index in [1.165, 1.54) is 17.8 Å². The number of nitrogens with zero attached hydrogens (tertiary/aromatic N) is 3. The Balaban J connectivity index is 1.58. The van der Waals surface area contributed by atoms with E-state index in [1.54, 1.807) is 22.9 Å². The van der Waals surface area contributed by atoms with Gasteiger partial charge < -0.3 is 5.32 Å². The van der Waals surface area contributed by atoms with Gasteiger partial charge in [-0.05, 0) is 41.8 Å². The van der Waals surface area contributed by atoms with E-state index in [9.17, 15) is 9.18 Å². The van der Waals surface area contributed by atoms with Gasteiger partial charge in [-0.25, -0.2) is 14.4 Å². The zero-order chi connectivity index (χ0) is 20.9. The van der Waals surface area contributed by atoms with E-state index in [0.29, 0.717) is 27.6 Å². The van der Waals surface area contributed by atoms with Crippen molar-refractivity contribution in [2.45, 2.75) is 30.8 Å². The Labute approximate surface area is 178 Å². The molecular formula is C23H21FN4OS. The maximum absolute atomic E-state index is 14.0. The molecule has 152 valence electrons. The molecule has 0 saturated carbocycles. The fourth-order valence-electron chi connectivity index (χ4n) is 3.23. The van der Waals surface area contributed by atoms with Gasteiger partial charge in [-0.1, -0.05) is 55.1 Å². The van der Waals surface area contributed by atoms with Crippen molar-refractivity contribution in [1.82, 2.24) is 14.5 Å². The van der Waals surface area contributed by atoms with Crippen LogP contribution in [0.5, 0.6) is 0 Å². The van der Waals surface area contributed by atoms with Crippen molar-refractivity contribution in [3.05, 3.63) is 83.8 Å². The number of thioether (sulfide) groups is 1. The number of benzene rings is 2. The van der Waals surface area contributed by atoms with Gasteiger partial charge in [0.1, 0.15) is 17.9 Å². The summed E-state index contributed by atoms with van der Waals surface area (Å²) < 4.78 is 15.8. The van der Waals surface area contributed by atoms with Gasteiger partial charge >= 0.3 is 0 Å². The summed E-state index contributed by atoms with van der Waals surface area (Å²) in [5.74, 6) is 0.00399. The molecule has 2 aromatic heterocycles. The normalized spacial score (nSPS) is 11.0. The maximum Gasteiger partial charge on any atom is 0.244 e. The van der Waals surface area contributed by atoms with Crippen LogP contribution in [-0.2, 0) is 23.5 Å². The third-order valence-electron chi connectivity index (χ3n) is 4.76. The zero-order valence-corrected chi connectivity index (χ0v) is 17.3. The topological polar surface area (TPSA) is 59.8 Å². The number of pyridine rings is 1. The highest BCUT2D eigenvalue weighted by Crippen LogP contribution is 2.27. The highest BCUT2D eigenvalue weighted by Gasteiger charge is 2.16. The first-order chi connectivity index (χ1) is 14.7. The highest BCUT2D eigenvalue weighted by molar-refractivity contribution is 7.98. The van der Waals surface area contributed by atoms with Crippen molar-refractivity contribution in [3.63, 3.8) is 0 Å². The molecule has 0 saturated heterocycles. The number of rotatable bonds is 7. The average molecular weight is 421 g/mol. The lowest BCUT2D eigenvalue weighted by Gasteiger charge is -2.12. The molecule has 7 heteroatoms. The minimum atomic E-state index is -0.250. The van der Waals surface area contributed by atoms with Crippen LogP contribution in [0.2, 0.25) is 0 Å². The Kier molecular flexibility index (Phi) is 6.09. The first-order valence-electron chi connectivity index (χ1n) is 9.71. The number of halogens is 1. The molecule has 1 N–H and O–H groups in total. The predicted molar refractivity (Wildman–Crippen MR) is 118 cm³/mol. The molecular weight excluding hydrogens is 399 g/mol. The van der Waals surface area contributed by atoms with Gasteiger partial charge in [0.2, 0.25) is 5.91 Å². The monoisotopic (exact) mass is 420 g/mol. The van der Waals surface area contributed by atoms with Gasteiger partial charge in [0.15, 0.2) is 10.8 Å². The molecule has 30 heavy (non-hydrogen) atoms. The van der Waals surface area contributed by atoms with Crippen LogP contribution in [0.25, 0.3) is 11.2 Å². The summed E-state index contributed by atoms with van der Waals surface area (Å²) >= 11 is 1.39. The van der Waals surface area contributed by atoms with Gasteiger partial charge in [-0.2, -0.15) is 0 Å². The van der Waals surface area contributed by atoms with E-state index in [4.69, 9.17) is 0 Å². The molecule has 2 aromatic carbocycles. The largest absolute Gasteiger partial charge is 0.324 e. The molecule has 0 fully saturated rings. The van der Waals surface area contributed by atoms with Crippen molar-refractivity contribution in [2.75, 3.05) is 5.32 Å². The van der Waals surface area contributed by atoms with Gasteiger partial charge in [0.25, 0.3) is 0 Å². The summed E-state index contributed by atoms with van der Waals surface area (Å²) in [7, 11) is 0. The molecule has 0 unspecified atom stereocenters. The minimum Gasteiger partial charge on any atom is -0.324 e. The molecule has 0 spiro atoms. The number of nitrogens with one attached hydrogen (secondary N) is 1. The molecule has 5 nitrogen and oxygen atoms in total. The predicted octanol–water partition coefficient (Wildman–Crippen LogP) is 5.06. The number of fused-ring (bicyclic) bond motifs is 1. The lowest BCUT2D eigenvalue weighted by atomic mass is 10.1. The number of hydrogen-bond donors (Lipinski definition) is 1. The van der Waals surface area contributed by atoms with Gasteiger partial charge in [0.05, 0.1) is 0 Å². The molecule has 0 radical (unpaired) electrons. The number of aryl methyl sites for hydroxylation is 1. The van der Waals surface area contributed by atoms with Crippen LogP contribution < -0.4 is 5.32 Å². The van der Waals surface area contributed by atoms with Crippen LogP contribution in [0, 0.1) is 5.82 Å². The van der Waals surface area contributed by atoms with Crippen molar-refractivity contribution >= 4 is 34.5 Å². The number of amides is 1. The minimum absolute atomic E-state index is 0.0746. The molecule has 0 aliphatic rings. The van der Waals surface area contributed by atoms with Crippen molar-refractivity contribution in [3.8, 4) is 0 Å². The molecule has 4 rings (SSSR count). The Hall–Kier alpha value is -3.19. The fourth-order valence-corrected chi connectivity index (χ4v) is 4.22. The molecule has 1 amide bonds. The number of anilines is 1. The zero-order valence-electron chi connectivity index (χ0n) is 16.5. The second-order valence-electron chi connectivity index (χ2n) is 6.77. The van der Waals surface area contributed by atoms with Crippen LogP contribution in [0.15, 0.2) is 72.0 Å². The van der Waals surface area contributed by atoms with E-state index < -0.39 is 0 Å². The Bertz CT molecular complexity index is 1190. The molecule has 0 aliphatic heterocycles. The number of imidazole rings is 1. The van der Waals surface area contributed by atoms with E-state index in [2.05, 4.69) is 22.2 Å². The quantitative estimate of drug-likeness (QED) is 0.425. The maximum atomic E-state index is 14.0. The number of aromatic nitrogens is 3. The lowest BCUT2D eigenvalue weighted by molar-refractivity contribution is -0.116. The lowest BCUT2D eigenvalue weighted by Crippen LogP contribution is -2.20. The molecule has 4 aromatic rings.